The molecule has 2 rings (SSSR count). The van der Waals surface area contributed by atoms with Gasteiger partial charge < -0.3 is 23.4 Å². The third-order valence-electron chi connectivity index (χ3n) is 2.46. The number of furan rings is 2. The van der Waals surface area contributed by atoms with E-state index in [1.165, 1.54) is 24.3 Å². The Labute approximate surface area is 120 Å². The summed E-state index contributed by atoms with van der Waals surface area (Å²) in [4.78, 5) is 23.0. The van der Waals surface area contributed by atoms with Crippen LogP contribution in [0.1, 0.15) is 28.0 Å². The highest BCUT2D eigenvalue weighted by Crippen LogP contribution is 2.25. The van der Waals surface area contributed by atoms with Crippen LogP contribution < -0.4 is 0 Å². The van der Waals surface area contributed by atoms with E-state index in [2.05, 4.69) is 0 Å². The molecule has 0 aliphatic heterocycles. The van der Waals surface area contributed by atoms with Gasteiger partial charge in [0.1, 0.15) is 6.61 Å². The van der Waals surface area contributed by atoms with Gasteiger partial charge in [-0.3, -0.25) is 0 Å². The number of hydrogen-bond acceptors (Lipinski definition) is 7. The summed E-state index contributed by atoms with van der Waals surface area (Å²) in [5.74, 6) is -0.661. The van der Waals surface area contributed by atoms with Crippen LogP contribution in [0.15, 0.2) is 33.1 Å². The predicted octanol–water partition coefficient (Wildman–Crippen LogP) is 1.87. The summed E-state index contributed by atoms with van der Waals surface area (Å²) in [7, 11) is 0. The molecule has 0 saturated carbocycles. The second kappa shape index (κ2) is 6.76. The van der Waals surface area contributed by atoms with Crippen LogP contribution in [0.25, 0.3) is 11.5 Å². The van der Waals surface area contributed by atoms with Gasteiger partial charge in [0, 0.05) is 0 Å². The lowest BCUT2D eigenvalue weighted by atomic mass is 10.3. The fourth-order valence-electron chi connectivity index (χ4n) is 1.57. The minimum Gasteiger partial charge on any atom is -0.460 e. The molecule has 21 heavy (non-hydrogen) atoms. The molecule has 0 amide bonds. The number of carbonyl (C=O) groups excluding carboxylic acids is 2. The molecule has 0 fully saturated rings. The van der Waals surface area contributed by atoms with Gasteiger partial charge in [0.05, 0.1) is 13.2 Å². The van der Waals surface area contributed by atoms with E-state index in [4.69, 9.17) is 23.4 Å². The Balaban J connectivity index is 2.11. The molecule has 0 spiro atoms. The van der Waals surface area contributed by atoms with Gasteiger partial charge in [-0.2, -0.15) is 0 Å². The third-order valence-corrected chi connectivity index (χ3v) is 2.46. The molecule has 0 atom stereocenters. The van der Waals surface area contributed by atoms with Crippen molar-refractivity contribution in [3.63, 3.8) is 0 Å². The molecule has 112 valence electrons. The maximum absolute atomic E-state index is 11.5. The highest BCUT2D eigenvalue weighted by atomic mass is 16.6. The maximum Gasteiger partial charge on any atom is 0.374 e. The summed E-state index contributed by atoms with van der Waals surface area (Å²) >= 11 is 0. The fourth-order valence-corrected chi connectivity index (χ4v) is 1.57. The van der Waals surface area contributed by atoms with Crippen molar-refractivity contribution in [3.05, 3.63) is 35.8 Å². The summed E-state index contributed by atoms with van der Waals surface area (Å²) in [6.07, 6.45) is 0. The van der Waals surface area contributed by atoms with Crippen LogP contribution >= 0.6 is 0 Å². The Morgan fingerprint density at radius 2 is 1.52 bits per heavy atom. The van der Waals surface area contributed by atoms with E-state index >= 15 is 0 Å². The summed E-state index contributed by atoms with van der Waals surface area (Å²) in [5, 5.41) is 8.58. The molecule has 0 aliphatic carbocycles. The molecule has 0 bridgehead atoms. The van der Waals surface area contributed by atoms with E-state index in [-0.39, 0.29) is 37.1 Å². The number of aliphatic hydroxyl groups is 1. The van der Waals surface area contributed by atoms with Crippen molar-refractivity contribution in [1.82, 2.24) is 0 Å². The van der Waals surface area contributed by atoms with E-state index in [1.54, 1.807) is 6.92 Å². The molecule has 0 aliphatic rings. The van der Waals surface area contributed by atoms with Gasteiger partial charge in [-0.05, 0) is 31.2 Å². The number of ether oxygens (including phenoxy) is 2. The molecule has 2 heterocycles. The Morgan fingerprint density at radius 1 is 1.00 bits per heavy atom. The quantitative estimate of drug-likeness (QED) is 0.812. The van der Waals surface area contributed by atoms with Crippen molar-refractivity contribution < 1.29 is 33.0 Å². The standard InChI is InChI=1S/C14H14O7/c1-2-18-13(16)11-5-3-9(20-11)10-4-6-12(21-10)14(17)19-8-7-15/h3-6,15H,2,7-8H2,1H3. The molecule has 0 saturated heterocycles. The average molecular weight is 294 g/mol. The van der Waals surface area contributed by atoms with Crippen LogP contribution in [0.2, 0.25) is 0 Å². The van der Waals surface area contributed by atoms with Crippen molar-refractivity contribution in [2.45, 2.75) is 6.92 Å². The Kier molecular flexibility index (Phi) is 4.78. The van der Waals surface area contributed by atoms with Crippen LogP contribution in [0.5, 0.6) is 0 Å². The van der Waals surface area contributed by atoms with E-state index in [0.29, 0.717) is 5.76 Å². The zero-order chi connectivity index (χ0) is 15.2. The average Bonchev–Trinajstić information content (AvgIpc) is 3.13. The largest absolute Gasteiger partial charge is 0.460 e. The lowest BCUT2D eigenvalue weighted by Gasteiger charge is -1.98. The molecule has 7 nitrogen and oxygen atoms in total. The van der Waals surface area contributed by atoms with Crippen LogP contribution in [-0.4, -0.2) is 36.9 Å². The number of aliphatic hydroxyl groups excluding tert-OH is 1. The molecule has 7 heteroatoms. The van der Waals surface area contributed by atoms with E-state index < -0.39 is 11.9 Å². The van der Waals surface area contributed by atoms with Crippen LogP contribution in [-0.2, 0) is 9.47 Å². The zero-order valence-electron chi connectivity index (χ0n) is 11.3. The van der Waals surface area contributed by atoms with E-state index in [9.17, 15) is 9.59 Å². The van der Waals surface area contributed by atoms with Gasteiger partial charge in [-0.15, -0.1) is 0 Å². The zero-order valence-corrected chi connectivity index (χ0v) is 11.3. The molecule has 0 aromatic carbocycles. The number of esters is 2. The summed E-state index contributed by atoms with van der Waals surface area (Å²) in [6, 6.07) is 5.93. The first-order chi connectivity index (χ1) is 10.2. The Bertz CT molecular complexity index is 623. The second-order valence-corrected chi connectivity index (χ2v) is 3.91. The van der Waals surface area contributed by atoms with Crippen LogP contribution in [0, 0.1) is 0 Å². The molecule has 2 aromatic rings. The monoisotopic (exact) mass is 294 g/mol. The van der Waals surface area contributed by atoms with Crippen LogP contribution in [0.4, 0.5) is 0 Å². The molecule has 2 aromatic heterocycles. The highest BCUT2D eigenvalue weighted by Gasteiger charge is 2.17. The second-order valence-electron chi connectivity index (χ2n) is 3.91. The summed E-state index contributed by atoms with van der Waals surface area (Å²) in [5.41, 5.74) is 0. The smallest absolute Gasteiger partial charge is 0.374 e. The highest BCUT2D eigenvalue weighted by molar-refractivity contribution is 5.88. The first-order valence-electron chi connectivity index (χ1n) is 6.31. The number of hydrogen-bond donors (Lipinski definition) is 1. The van der Waals surface area contributed by atoms with Gasteiger partial charge >= 0.3 is 11.9 Å². The molecule has 1 N–H and O–H groups in total. The molecule has 0 radical (unpaired) electrons. The normalized spacial score (nSPS) is 10.4. The van der Waals surface area contributed by atoms with Crippen molar-refractivity contribution in [3.8, 4) is 11.5 Å². The molecular formula is C14H14O7. The van der Waals surface area contributed by atoms with Crippen molar-refractivity contribution in [2.75, 3.05) is 19.8 Å². The van der Waals surface area contributed by atoms with Gasteiger partial charge in [0.2, 0.25) is 11.5 Å². The van der Waals surface area contributed by atoms with Gasteiger partial charge in [-0.1, -0.05) is 0 Å². The number of rotatable bonds is 6. The van der Waals surface area contributed by atoms with Gasteiger partial charge in [-0.25, -0.2) is 9.59 Å². The first-order valence-corrected chi connectivity index (χ1v) is 6.31. The van der Waals surface area contributed by atoms with Crippen molar-refractivity contribution >= 4 is 11.9 Å². The number of carbonyl (C=O) groups is 2. The van der Waals surface area contributed by atoms with Crippen LogP contribution in [0.3, 0.4) is 0 Å². The predicted molar refractivity (Wildman–Crippen MR) is 69.7 cm³/mol. The maximum atomic E-state index is 11.5. The SMILES string of the molecule is CCOC(=O)c1ccc(-c2ccc(C(=O)OCCO)o2)o1. The Morgan fingerprint density at radius 3 is 2.00 bits per heavy atom. The van der Waals surface area contributed by atoms with Gasteiger partial charge in [0.25, 0.3) is 0 Å². The lowest BCUT2D eigenvalue weighted by Crippen LogP contribution is -2.07. The molecular weight excluding hydrogens is 280 g/mol. The van der Waals surface area contributed by atoms with E-state index in [0.717, 1.165) is 0 Å². The minimum absolute atomic E-state index is 0.0208. The fraction of sp³-hybridized carbons (Fsp3) is 0.286. The topological polar surface area (TPSA) is 99.1 Å². The van der Waals surface area contributed by atoms with E-state index in [1.807, 2.05) is 0 Å². The molecule has 0 unspecified atom stereocenters. The Hall–Kier alpha value is -2.54. The minimum atomic E-state index is -0.688. The lowest BCUT2D eigenvalue weighted by molar-refractivity contribution is 0.0398. The van der Waals surface area contributed by atoms with Crippen molar-refractivity contribution in [2.24, 2.45) is 0 Å². The first kappa shape index (κ1) is 14.9. The summed E-state index contributed by atoms with van der Waals surface area (Å²) < 4.78 is 20.1. The van der Waals surface area contributed by atoms with Gasteiger partial charge in [0.15, 0.2) is 11.5 Å². The summed E-state index contributed by atoms with van der Waals surface area (Å²) in [6.45, 7) is 1.57. The van der Waals surface area contributed by atoms with Crippen molar-refractivity contribution in [1.29, 1.82) is 0 Å². The third kappa shape index (κ3) is 3.51.